The van der Waals surface area contributed by atoms with Gasteiger partial charge in [0.2, 0.25) is 5.91 Å². The van der Waals surface area contributed by atoms with Crippen LogP contribution >= 0.6 is 0 Å². The van der Waals surface area contributed by atoms with Gasteiger partial charge in [-0.05, 0) is 20.4 Å². The molecule has 9 heavy (non-hydrogen) atoms. The molecule has 52 valence electrons. The van der Waals surface area contributed by atoms with Crippen molar-refractivity contribution in [2.75, 3.05) is 7.05 Å². The van der Waals surface area contributed by atoms with Crippen LogP contribution in [0.1, 0.15) is 13.3 Å². The first-order valence-corrected chi connectivity index (χ1v) is 3.21. The van der Waals surface area contributed by atoms with Crippen LogP contribution in [-0.2, 0) is 4.79 Å². The Hall–Kier alpha value is -0.570. The summed E-state index contributed by atoms with van der Waals surface area (Å²) in [6.07, 6.45) is 0.912. The van der Waals surface area contributed by atoms with Crippen LogP contribution in [-0.4, -0.2) is 25.0 Å². The van der Waals surface area contributed by atoms with E-state index in [1.807, 2.05) is 14.0 Å². The minimum Gasteiger partial charge on any atom is -0.352 e. The van der Waals surface area contributed by atoms with Crippen molar-refractivity contribution < 1.29 is 4.79 Å². The van der Waals surface area contributed by atoms with Crippen LogP contribution in [0.15, 0.2) is 0 Å². The molecule has 1 fully saturated rings. The molecule has 1 unspecified atom stereocenters. The molecular formula is C6H12N2O. The lowest BCUT2D eigenvalue weighted by atomic mass is 10.2. The van der Waals surface area contributed by atoms with Crippen molar-refractivity contribution >= 4 is 5.91 Å². The fourth-order valence-electron chi connectivity index (χ4n) is 1.11. The van der Waals surface area contributed by atoms with Gasteiger partial charge in [-0.3, -0.25) is 4.79 Å². The lowest BCUT2D eigenvalue weighted by Crippen LogP contribution is -2.33. The minimum atomic E-state index is 0.0417. The Morgan fingerprint density at radius 2 is 2.44 bits per heavy atom. The molecule has 2 N–H and O–H groups in total. The SMILES string of the molecule is CN[C@H]1CC(C)NC1=O. The van der Waals surface area contributed by atoms with Gasteiger partial charge in [0.15, 0.2) is 0 Å². The van der Waals surface area contributed by atoms with Gasteiger partial charge in [-0.25, -0.2) is 0 Å². The van der Waals surface area contributed by atoms with E-state index in [0.717, 1.165) is 6.42 Å². The third-order valence-electron chi connectivity index (χ3n) is 1.64. The molecular weight excluding hydrogens is 116 g/mol. The maximum atomic E-state index is 10.8. The van der Waals surface area contributed by atoms with E-state index in [2.05, 4.69) is 10.6 Å². The van der Waals surface area contributed by atoms with Crippen molar-refractivity contribution in [1.82, 2.24) is 10.6 Å². The maximum Gasteiger partial charge on any atom is 0.237 e. The zero-order valence-corrected chi connectivity index (χ0v) is 5.77. The quantitative estimate of drug-likeness (QED) is 0.499. The predicted octanol–water partition coefficient (Wildman–Crippen LogP) is -0.517. The molecule has 0 aromatic heterocycles. The van der Waals surface area contributed by atoms with Gasteiger partial charge >= 0.3 is 0 Å². The minimum absolute atomic E-state index is 0.0417. The highest BCUT2D eigenvalue weighted by atomic mass is 16.2. The van der Waals surface area contributed by atoms with Gasteiger partial charge in [-0.1, -0.05) is 0 Å². The Morgan fingerprint density at radius 1 is 1.78 bits per heavy atom. The zero-order chi connectivity index (χ0) is 6.85. The van der Waals surface area contributed by atoms with E-state index in [9.17, 15) is 4.79 Å². The second kappa shape index (κ2) is 2.35. The fraction of sp³-hybridized carbons (Fsp3) is 0.833. The Bertz CT molecular complexity index is 124. The van der Waals surface area contributed by atoms with Crippen molar-refractivity contribution in [2.45, 2.75) is 25.4 Å². The molecule has 1 rings (SSSR count). The summed E-state index contributed by atoms with van der Waals surface area (Å²) in [5.74, 6) is 0.130. The molecule has 0 aliphatic carbocycles. The zero-order valence-electron chi connectivity index (χ0n) is 5.77. The summed E-state index contributed by atoms with van der Waals surface area (Å²) in [6.45, 7) is 2.01. The molecule has 0 spiro atoms. The standard InChI is InChI=1S/C6H12N2O/c1-4-3-5(7-2)6(9)8-4/h4-5,7H,3H2,1-2H3,(H,8,9)/t4?,5-/m0/s1. The van der Waals surface area contributed by atoms with E-state index in [0.29, 0.717) is 6.04 Å². The Morgan fingerprint density at radius 3 is 2.67 bits per heavy atom. The molecule has 2 atom stereocenters. The Kier molecular flexibility index (Phi) is 1.71. The average molecular weight is 128 g/mol. The molecule has 1 aliphatic heterocycles. The lowest BCUT2D eigenvalue weighted by molar-refractivity contribution is -0.120. The number of hydrogen-bond donors (Lipinski definition) is 2. The third-order valence-corrected chi connectivity index (χ3v) is 1.64. The van der Waals surface area contributed by atoms with Gasteiger partial charge in [-0.2, -0.15) is 0 Å². The Balaban J connectivity index is 2.48. The van der Waals surface area contributed by atoms with E-state index >= 15 is 0 Å². The molecule has 1 saturated heterocycles. The summed E-state index contributed by atoms with van der Waals surface area (Å²) < 4.78 is 0. The molecule has 3 nitrogen and oxygen atoms in total. The monoisotopic (exact) mass is 128 g/mol. The van der Waals surface area contributed by atoms with Gasteiger partial charge in [0, 0.05) is 6.04 Å². The first-order valence-electron chi connectivity index (χ1n) is 3.21. The summed E-state index contributed by atoms with van der Waals surface area (Å²) in [6, 6.07) is 0.384. The molecule has 0 bridgehead atoms. The van der Waals surface area contributed by atoms with Gasteiger partial charge in [0.05, 0.1) is 6.04 Å². The first-order chi connectivity index (χ1) is 4.24. The normalized spacial score (nSPS) is 34.7. The number of carbonyl (C=O) groups excluding carboxylic acids is 1. The third kappa shape index (κ3) is 1.21. The summed E-state index contributed by atoms with van der Waals surface area (Å²) in [4.78, 5) is 10.8. The lowest BCUT2D eigenvalue weighted by Gasteiger charge is -2.01. The van der Waals surface area contributed by atoms with Crippen LogP contribution in [0.25, 0.3) is 0 Å². The van der Waals surface area contributed by atoms with Gasteiger partial charge < -0.3 is 10.6 Å². The molecule has 1 amide bonds. The largest absolute Gasteiger partial charge is 0.352 e. The highest BCUT2D eigenvalue weighted by molar-refractivity contribution is 5.84. The number of rotatable bonds is 1. The van der Waals surface area contributed by atoms with Gasteiger partial charge in [0.25, 0.3) is 0 Å². The van der Waals surface area contributed by atoms with Crippen LogP contribution in [0.5, 0.6) is 0 Å². The van der Waals surface area contributed by atoms with E-state index in [1.54, 1.807) is 0 Å². The van der Waals surface area contributed by atoms with Gasteiger partial charge in [-0.15, -0.1) is 0 Å². The second-order valence-corrected chi connectivity index (χ2v) is 2.49. The highest BCUT2D eigenvalue weighted by Gasteiger charge is 2.26. The molecule has 0 radical (unpaired) electrons. The fourth-order valence-corrected chi connectivity index (χ4v) is 1.11. The summed E-state index contributed by atoms with van der Waals surface area (Å²) >= 11 is 0. The summed E-state index contributed by atoms with van der Waals surface area (Å²) in [5, 5.41) is 5.75. The number of carbonyl (C=O) groups is 1. The molecule has 0 aromatic rings. The smallest absolute Gasteiger partial charge is 0.237 e. The van der Waals surface area contributed by atoms with Crippen LogP contribution in [0.3, 0.4) is 0 Å². The number of hydrogen-bond acceptors (Lipinski definition) is 2. The summed E-state index contributed by atoms with van der Waals surface area (Å²) in [5.41, 5.74) is 0. The van der Waals surface area contributed by atoms with Crippen LogP contribution < -0.4 is 10.6 Å². The van der Waals surface area contributed by atoms with E-state index in [1.165, 1.54) is 0 Å². The molecule has 1 heterocycles. The maximum absolute atomic E-state index is 10.8. The number of nitrogens with one attached hydrogen (secondary N) is 2. The Labute approximate surface area is 54.8 Å². The molecule has 1 aliphatic rings. The van der Waals surface area contributed by atoms with E-state index in [-0.39, 0.29) is 11.9 Å². The first kappa shape index (κ1) is 6.55. The van der Waals surface area contributed by atoms with E-state index < -0.39 is 0 Å². The van der Waals surface area contributed by atoms with E-state index in [4.69, 9.17) is 0 Å². The van der Waals surface area contributed by atoms with Crippen LogP contribution in [0, 0.1) is 0 Å². The van der Waals surface area contributed by atoms with Gasteiger partial charge in [0.1, 0.15) is 0 Å². The van der Waals surface area contributed by atoms with Crippen LogP contribution in [0.2, 0.25) is 0 Å². The predicted molar refractivity (Wildman–Crippen MR) is 35.1 cm³/mol. The topological polar surface area (TPSA) is 41.1 Å². The summed E-state index contributed by atoms with van der Waals surface area (Å²) in [7, 11) is 1.81. The number of amides is 1. The highest BCUT2D eigenvalue weighted by Crippen LogP contribution is 2.05. The van der Waals surface area contributed by atoms with Crippen molar-refractivity contribution in [3.8, 4) is 0 Å². The second-order valence-electron chi connectivity index (χ2n) is 2.49. The van der Waals surface area contributed by atoms with Crippen LogP contribution in [0.4, 0.5) is 0 Å². The van der Waals surface area contributed by atoms with Crippen molar-refractivity contribution in [3.63, 3.8) is 0 Å². The van der Waals surface area contributed by atoms with Crippen molar-refractivity contribution in [2.24, 2.45) is 0 Å². The molecule has 3 heteroatoms. The molecule has 0 aromatic carbocycles. The average Bonchev–Trinajstić information content (AvgIpc) is 2.10. The molecule has 0 saturated carbocycles. The van der Waals surface area contributed by atoms with Crippen molar-refractivity contribution in [3.05, 3.63) is 0 Å². The van der Waals surface area contributed by atoms with Crippen molar-refractivity contribution in [1.29, 1.82) is 0 Å². The number of likely N-dealkylation sites (N-methyl/N-ethyl adjacent to an activating group) is 1.